The summed E-state index contributed by atoms with van der Waals surface area (Å²) in [7, 11) is 0. The molecule has 0 aromatic carbocycles. The van der Waals surface area contributed by atoms with Crippen LogP contribution in [0.15, 0.2) is 0 Å². The molecule has 1 aliphatic carbocycles. The van der Waals surface area contributed by atoms with Crippen molar-refractivity contribution in [1.82, 2.24) is 10.6 Å². The van der Waals surface area contributed by atoms with Crippen molar-refractivity contribution in [3.8, 4) is 0 Å². The molecule has 3 nitrogen and oxygen atoms in total. The second-order valence-corrected chi connectivity index (χ2v) is 6.47. The smallest absolute Gasteiger partial charge is 0.220 e. The van der Waals surface area contributed by atoms with E-state index in [9.17, 15) is 4.79 Å². The molecule has 0 spiro atoms. The van der Waals surface area contributed by atoms with E-state index in [0.717, 1.165) is 13.0 Å². The topological polar surface area (TPSA) is 41.1 Å². The summed E-state index contributed by atoms with van der Waals surface area (Å²) in [5, 5.41) is 6.74. The first-order valence-corrected chi connectivity index (χ1v) is 8.28. The van der Waals surface area contributed by atoms with Gasteiger partial charge in [-0.05, 0) is 45.1 Å². The SMILES string of the molecule is CC(NC(=O)CC1CCCCCC1)C1CCCCN1. The van der Waals surface area contributed by atoms with Crippen molar-refractivity contribution in [3.63, 3.8) is 0 Å². The Bertz CT molecular complexity index is 266. The van der Waals surface area contributed by atoms with Crippen LogP contribution in [0.5, 0.6) is 0 Å². The maximum absolute atomic E-state index is 12.1. The molecule has 1 saturated carbocycles. The number of rotatable bonds is 4. The second kappa shape index (κ2) is 7.88. The van der Waals surface area contributed by atoms with Crippen molar-refractivity contribution in [2.24, 2.45) is 5.92 Å². The number of hydrogen-bond donors (Lipinski definition) is 2. The molecular weight excluding hydrogens is 236 g/mol. The van der Waals surface area contributed by atoms with E-state index in [-0.39, 0.29) is 11.9 Å². The zero-order valence-corrected chi connectivity index (χ0v) is 12.4. The minimum absolute atomic E-state index is 0.270. The molecule has 2 fully saturated rings. The molecule has 0 aromatic rings. The van der Waals surface area contributed by atoms with Crippen LogP contribution < -0.4 is 10.6 Å². The van der Waals surface area contributed by atoms with Crippen LogP contribution >= 0.6 is 0 Å². The van der Waals surface area contributed by atoms with Gasteiger partial charge in [-0.3, -0.25) is 4.79 Å². The molecular formula is C16H30N2O. The molecule has 0 radical (unpaired) electrons. The molecule has 1 amide bonds. The second-order valence-electron chi connectivity index (χ2n) is 6.47. The van der Waals surface area contributed by atoms with E-state index in [1.807, 2.05) is 0 Å². The van der Waals surface area contributed by atoms with Gasteiger partial charge in [-0.15, -0.1) is 0 Å². The van der Waals surface area contributed by atoms with Gasteiger partial charge >= 0.3 is 0 Å². The van der Waals surface area contributed by atoms with Crippen molar-refractivity contribution in [2.45, 2.75) is 83.2 Å². The Morgan fingerprint density at radius 2 is 1.79 bits per heavy atom. The quantitative estimate of drug-likeness (QED) is 0.768. The minimum Gasteiger partial charge on any atom is -0.352 e. The summed E-state index contributed by atoms with van der Waals surface area (Å²) >= 11 is 0. The first kappa shape index (κ1) is 14.8. The summed E-state index contributed by atoms with van der Waals surface area (Å²) in [4.78, 5) is 12.1. The Morgan fingerprint density at radius 1 is 1.11 bits per heavy atom. The average Bonchev–Trinajstić information content (AvgIpc) is 2.68. The zero-order chi connectivity index (χ0) is 13.5. The Labute approximate surface area is 117 Å². The fourth-order valence-electron chi connectivity index (χ4n) is 3.55. The van der Waals surface area contributed by atoms with Gasteiger partial charge in [0.1, 0.15) is 0 Å². The van der Waals surface area contributed by atoms with Crippen molar-refractivity contribution < 1.29 is 4.79 Å². The highest BCUT2D eigenvalue weighted by Gasteiger charge is 2.22. The summed E-state index contributed by atoms with van der Waals surface area (Å²) < 4.78 is 0. The van der Waals surface area contributed by atoms with Crippen LogP contribution in [0.3, 0.4) is 0 Å². The lowest BCUT2D eigenvalue weighted by Crippen LogP contribution is -2.50. The molecule has 3 heteroatoms. The first-order valence-electron chi connectivity index (χ1n) is 8.28. The average molecular weight is 266 g/mol. The van der Waals surface area contributed by atoms with Crippen molar-refractivity contribution in [2.75, 3.05) is 6.54 Å². The summed E-state index contributed by atoms with van der Waals surface area (Å²) in [6, 6.07) is 0.755. The summed E-state index contributed by atoms with van der Waals surface area (Å²) in [6.07, 6.45) is 12.4. The van der Waals surface area contributed by atoms with Crippen LogP contribution in [0.4, 0.5) is 0 Å². The highest BCUT2D eigenvalue weighted by Crippen LogP contribution is 2.25. The van der Waals surface area contributed by atoms with Gasteiger partial charge in [0.25, 0.3) is 0 Å². The molecule has 1 aliphatic heterocycles. The standard InChI is InChI=1S/C16H30N2O/c1-13(15-10-6-7-11-17-15)18-16(19)12-14-8-4-2-3-5-9-14/h13-15,17H,2-12H2,1H3,(H,18,19). The van der Waals surface area contributed by atoms with Gasteiger partial charge in [0.15, 0.2) is 0 Å². The van der Waals surface area contributed by atoms with Crippen LogP contribution in [-0.4, -0.2) is 24.5 Å². The van der Waals surface area contributed by atoms with Gasteiger partial charge in [0.05, 0.1) is 0 Å². The van der Waals surface area contributed by atoms with E-state index < -0.39 is 0 Å². The third-order valence-electron chi connectivity index (χ3n) is 4.79. The number of carbonyl (C=O) groups is 1. The van der Waals surface area contributed by atoms with E-state index >= 15 is 0 Å². The van der Waals surface area contributed by atoms with Crippen LogP contribution in [0.25, 0.3) is 0 Å². The Hall–Kier alpha value is -0.570. The first-order chi connectivity index (χ1) is 9.25. The zero-order valence-electron chi connectivity index (χ0n) is 12.4. The number of nitrogens with one attached hydrogen (secondary N) is 2. The number of amides is 1. The lowest BCUT2D eigenvalue weighted by Gasteiger charge is -2.30. The van der Waals surface area contributed by atoms with Gasteiger partial charge < -0.3 is 10.6 Å². The highest BCUT2D eigenvalue weighted by molar-refractivity contribution is 5.76. The van der Waals surface area contributed by atoms with E-state index in [0.29, 0.717) is 12.0 Å². The van der Waals surface area contributed by atoms with Crippen LogP contribution in [0.2, 0.25) is 0 Å². The van der Waals surface area contributed by atoms with E-state index in [1.54, 1.807) is 0 Å². The highest BCUT2D eigenvalue weighted by atomic mass is 16.1. The molecule has 2 aliphatic rings. The maximum Gasteiger partial charge on any atom is 0.220 e. The Kier molecular flexibility index (Phi) is 6.15. The Morgan fingerprint density at radius 3 is 2.42 bits per heavy atom. The molecule has 1 saturated heterocycles. The van der Waals surface area contributed by atoms with Gasteiger partial charge in [-0.25, -0.2) is 0 Å². The molecule has 2 rings (SSSR count). The van der Waals surface area contributed by atoms with Gasteiger partial charge in [-0.2, -0.15) is 0 Å². The molecule has 2 atom stereocenters. The summed E-state index contributed by atoms with van der Waals surface area (Å²) in [5.74, 6) is 0.904. The fourth-order valence-corrected chi connectivity index (χ4v) is 3.55. The summed E-state index contributed by atoms with van der Waals surface area (Å²) in [5.41, 5.74) is 0. The van der Waals surface area contributed by atoms with Gasteiger partial charge in [0.2, 0.25) is 5.91 Å². The number of piperidine rings is 1. The predicted molar refractivity (Wildman–Crippen MR) is 79.1 cm³/mol. The largest absolute Gasteiger partial charge is 0.352 e. The molecule has 0 aromatic heterocycles. The Balaban J connectivity index is 1.70. The molecule has 2 unspecified atom stereocenters. The van der Waals surface area contributed by atoms with Crippen LogP contribution in [0, 0.1) is 5.92 Å². The van der Waals surface area contributed by atoms with E-state index in [1.165, 1.54) is 57.8 Å². The molecule has 19 heavy (non-hydrogen) atoms. The van der Waals surface area contributed by atoms with E-state index in [2.05, 4.69) is 17.6 Å². The normalized spacial score (nSPS) is 27.5. The minimum atomic E-state index is 0.270. The van der Waals surface area contributed by atoms with Crippen LogP contribution in [-0.2, 0) is 4.79 Å². The van der Waals surface area contributed by atoms with Crippen LogP contribution in [0.1, 0.15) is 71.1 Å². The third kappa shape index (κ3) is 5.13. The predicted octanol–water partition coefficient (Wildman–Crippen LogP) is 2.99. The number of hydrogen-bond acceptors (Lipinski definition) is 2. The van der Waals surface area contributed by atoms with Crippen molar-refractivity contribution in [1.29, 1.82) is 0 Å². The summed E-state index contributed by atoms with van der Waals surface area (Å²) in [6.45, 7) is 3.25. The van der Waals surface area contributed by atoms with E-state index in [4.69, 9.17) is 0 Å². The molecule has 110 valence electrons. The lowest BCUT2D eigenvalue weighted by atomic mass is 9.95. The van der Waals surface area contributed by atoms with Gasteiger partial charge in [-0.1, -0.05) is 32.1 Å². The fraction of sp³-hybridized carbons (Fsp3) is 0.938. The monoisotopic (exact) mass is 266 g/mol. The molecule has 2 N–H and O–H groups in total. The molecule has 0 bridgehead atoms. The maximum atomic E-state index is 12.1. The van der Waals surface area contributed by atoms with Gasteiger partial charge in [0, 0.05) is 18.5 Å². The number of carbonyl (C=O) groups excluding carboxylic acids is 1. The lowest BCUT2D eigenvalue weighted by molar-refractivity contribution is -0.123. The van der Waals surface area contributed by atoms with Crippen molar-refractivity contribution >= 4 is 5.91 Å². The van der Waals surface area contributed by atoms with Crippen molar-refractivity contribution in [3.05, 3.63) is 0 Å². The molecule has 1 heterocycles. The third-order valence-corrected chi connectivity index (χ3v) is 4.79.